The molecular formula is C8H4Br2F2O. The van der Waals surface area contributed by atoms with Crippen LogP contribution in [0.1, 0.15) is 5.56 Å². The summed E-state index contributed by atoms with van der Waals surface area (Å²) in [6, 6.07) is 3.34. The van der Waals surface area contributed by atoms with Crippen molar-refractivity contribution >= 4 is 37.9 Å². The molecule has 0 radical (unpaired) electrons. The lowest BCUT2D eigenvalue weighted by molar-refractivity contribution is -0.129. The average molecular weight is 314 g/mol. The highest BCUT2D eigenvalue weighted by Crippen LogP contribution is 2.39. The van der Waals surface area contributed by atoms with Crippen molar-refractivity contribution in [3.63, 3.8) is 0 Å². The Morgan fingerprint density at radius 2 is 1.69 bits per heavy atom. The Morgan fingerprint density at radius 3 is 2.08 bits per heavy atom. The van der Waals surface area contributed by atoms with Gasteiger partial charge in [0.15, 0.2) is 3.23 Å². The molecular weight excluding hydrogens is 310 g/mol. The molecule has 13 heavy (non-hydrogen) atoms. The number of alkyl halides is 2. The van der Waals surface area contributed by atoms with E-state index in [1.165, 1.54) is 12.1 Å². The van der Waals surface area contributed by atoms with Crippen molar-refractivity contribution in [1.29, 1.82) is 0 Å². The molecule has 0 saturated heterocycles. The van der Waals surface area contributed by atoms with E-state index in [2.05, 4.69) is 31.9 Å². The van der Waals surface area contributed by atoms with Gasteiger partial charge in [0, 0.05) is 0 Å². The first-order valence-electron chi connectivity index (χ1n) is 3.28. The molecule has 0 aliphatic rings. The van der Waals surface area contributed by atoms with Crippen LogP contribution in [-0.4, -0.2) is 6.04 Å². The lowest BCUT2D eigenvalue weighted by Crippen LogP contribution is -2.17. The quantitative estimate of drug-likeness (QED) is 0.605. The van der Waals surface area contributed by atoms with Crippen molar-refractivity contribution in [2.24, 2.45) is 0 Å². The summed E-state index contributed by atoms with van der Waals surface area (Å²) in [4.78, 5) is 10.5. The van der Waals surface area contributed by atoms with Crippen LogP contribution in [-0.2, 0) is 8.03 Å². The fraction of sp³-hybridized carbons (Fsp3) is 0.125. The van der Waals surface area contributed by atoms with Gasteiger partial charge in [-0.2, -0.15) is 4.39 Å². The Kier molecular flexibility index (Phi) is 3.18. The number of hydrogen-bond acceptors (Lipinski definition) is 1. The molecule has 1 aromatic rings. The van der Waals surface area contributed by atoms with E-state index >= 15 is 0 Å². The van der Waals surface area contributed by atoms with Crippen molar-refractivity contribution < 1.29 is 13.6 Å². The Hall–Kier alpha value is -0.290. The monoisotopic (exact) mass is 312 g/mol. The molecule has 0 atom stereocenters. The minimum Gasteiger partial charge on any atom is -0.258 e. The molecule has 0 heterocycles. The summed E-state index contributed by atoms with van der Waals surface area (Å²) in [5, 5.41) is 0. The van der Waals surface area contributed by atoms with Crippen LogP contribution in [0.3, 0.4) is 0 Å². The third-order valence-electron chi connectivity index (χ3n) is 1.45. The average Bonchev–Trinajstić information content (AvgIpc) is 2.04. The second-order valence-electron chi connectivity index (χ2n) is 2.35. The smallest absolute Gasteiger partial charge is 0.258 e. The fourth-order valence-corrected chi connectivity index (χ4v) is 1.30. The van der Waals surface area contributed by atoms with Gasteiger partial charge in [0.25, 0.3) is 0 Å². The lowest BCUT2D eigenvalue weighted by Gasteiger charge is -2.13. The molecule has 1 rings (SSSR count). The van der Waals surface area contributed by atoms with Crippen LogP contribution in [0, 0.1) is 5.82 Å². The molecule has 0 aliphatic heterocycles. The normalized spacial score (nSPS) is 11.4. The lowest BCUT2D eigenvalue weighted by atomic mass is 10.1. The molecule has 0 amide bonds. The van der Waals surface area contributed by atoms with E-state index < -0.39 is 15.1 Å². The summed E-state index contributed by atoms with van der Waals surface area (Å²) in [5.74, 6) is -0.439. The molecule has 70 valence electrons. The first-order valence-corrected chi connectivity index (χ1v) is 4.87. The zero-order valence-corrected chi connectivity index (χ0v) is 9.40. The molecule has 0 fully saturated rings. The minimum absolute atomic E-state index is 0.307. The van der Waals surface area contributed by atoms with Gasteiger partial charge in [-0.25, -0.2) is 4.39 Å². The Labute approximate surface area is 90.4 Å². The van der Waals surface area contributed by atoms with Gasteiger partial charge in [-0.05, 0) is 17.7 Å². The van der Waals surface area contributed by atoms with Crippen LogP contribution < -0.4 is 0 Å². The fourth-order valence-electron chi connectivity index (χ4n) is 0.773. The minimum atomic E-state index is -1.58. The summed E-state index contributed by atoms with van der Waals surface area (Å²) in [7, 11) is 0. The molecule has 0 spiro atoms. The largest absolute Gasteiger partial charge is 0.333 e. The van der Waals surface area contributed by atoms with Crippen LogP contribution in [0.5, 0.6) is 0 Å². The highest BCUT2D eigenvalue weighted by Gasteiger charge is 2.34. The second kappa shape index (κ2) is 3.84. The zero-order valence-electron chi connectivity index (χ0n) is 6.23. The van der Waals surface area contributed by atoms with E-state index in [1.807, 2.05) is 0 Å². The van der Waals surface area contributed by atoms with Gasteiger partial charge >= 0.3 is 6.04 Å². The highest BCUT2D eigenvalue weighted by atomic mass is 79.9. The van der Waals surface area contributed by atoms with Gasteiger partial charge in [-0.3, -0.25) is 4.79 Å². The number of carbonyl (C=O) groups excluding carboxylic acids is 1. The van der Waals surface area contributed by atoms with E-state index in [-0.39, 0.29) is 0 Å². The summed E-state index contributed by atoms with van der Waals surface area (Å²) in [5.41, 5.74) is 0.307. The van der Waals surface area contributed by atoms with Gasteiger partial charge in [-0.1, -0.05) is 44.0 Å². The van der Waals surface area contributed by atoms with Crippen molar-refractivity contribution in [3.8, 4) is 0 Å². The number of rotatable bonds is 2. The van der Waals surface area contributed by atoms with Crippen LogP contribution in [0.15, 0.2) is 24.3 Å². The molecule has 0 bridgehead atoms. The molecule has 0 unspecified atom stereocenters. The van der Waals surface area contributed by atoms with E-state index in [1.54, 1.807) is 0 Å². The third-order valence-corrected chi connectivity index (χ3v) is 2.99. The maximum absolute atomic E-state index is 12.5. The predicted molar refractivity (Wildman–Crippen MR) is 52.0 cm³/mol. The topological polar surface area (TPSA) is 17.1 Å². The maximum Gasteiger partial charge on any atom is 0.333 e. The van der Waals surface area contributed by atoms with Gasteiger partial charge in [0.2, 0.25) is 0 Å². The van der Waals surface area contributed by atoms with Crippen LogP contribution >= 0.6 is 31.9 Å². The van der Waals surface area contributed by atoms with E-state index in [0.29, 0.717) is 5.56 Å². The molecule has 0 aliphatic carbocycles. The van der Waals surface area contributed by atoms with Gasteiger partial charge < -0.3 is 0 Å². The molecule has 0 saturated carbocycles. The summed E-state index contributed by atoms with van der Waals surface area (Å²) in [6.07, 6.45) is 0. The van der Waals surface area contributed by atoms with Crippen LogP contribution in [0.4, 0.5) is 8.78 Å². The Morgan fingerprint density at radius 1 is 1.23 bits per heavy atom. The van der Waals surface area contributed by atoms with Gasteiger partial charge in [-0.15, -0.1) is 0 Å². The molecule has 1 nitrogen and oxygen atoms in total. The third kappa shape index (κ3) is 2.34. The van der Waals surface area contributed by atoms with Crippen molar-refractivity contribution in [1.82, 2.24) is 0 Å². The van der Waals surface area contributed by atoms with Crippen molar-refractivity contribution in [3.05, 3.63) is 35.6 Å². The predicted octanol–water partition coefficient (Wildman–Crippen LogP) is 3.26. The number of benzene rings is 1. The first kappa shape index (κ1) is 10.8. The van der Waals surface area contributed by atoms with Crippen LogP contribution in [0.2, 0.25) is 0 Å². The summed E-state index contributed by atoms with van der Waals surface area (Å²) >= 11 is 5.70. The molecule has 0 N–H and O–H groups in total. The molecule has 0 aromatic heterocycles. The van der Waals surface area contributed by atoms with Gasteiger partial charge in [0.05, 0.1) is 0 Å². The Balaban J connectivity index is 3.08. The van der Waals surface area contributed by atoms with E-state index in [9.17, 15) is 13.6 Å². The van der Waals surface area contributed by atoms with Crippen LogP contribution in [0.25, 0.3) is 0 Å². The first-order chi connectivity index (χ1) is 5.94. The maximum atomic E-state index is 12.5. The second-order valence-corrected chi connectivity index (χ2v) is 5.80. The SMILES string of the molecule is O=C(F)C(Br)(Br)c1ccc(F)cc1. The van der Waals surface area contributed by atoms with Crippen molar-refractivity contribution in [2.75, 3.05) is 0 Å². The highest BCUT2D eigenvalue weighted by molar-refractivity contribution is 9.25. The van der Waals surface area contributed by atoms with Crippen molar-refractivity contribution in [2.45, 2.75) is 3.23 Å². The Bertz CT molecular complexity index is 321. The number of hydrogen-bond donors (Lipinski definition) is 0. The molecule has 5 heteroatoms. The summed E-state index contributed by atoms with van der Waals surface area (Å²) in [6.45, 7) is 0. The van der Waals surface area contributed by atoms with E-state index in [0.717, 1.165) is 12.1 Å². The van der Waals surface area contributed by atoms with E-state index in [4.69, 9.17) is 0 Å². The summed E-state index contributed by atoms with van der Waals surface area (Å²) < 4.78 is 23.3. The number of carbonyl (C=O) groups is 1. The standard InChI is InChI=1S/C8H4Br2F2O/c9-8(10,7(12)13)5-1-3-6(11)4-2-5/h1-4H. The zero-order chi connectivity index (χ0) is 10.1. The molecule has 1 aromatic carbocycles. The number of halogens is 4. The van der Waals surface area contributed by atoms with Gasteiger partial charge in [0.1, 0.15) is 5.82 Å².